The van der Waals surface area contributed by atoms with Crippen LogP contribution in [0, 0.1) is 6.92 Å². The number of likely N-dealkylation sites (N-methyl/N-ethyl adjacent to an activating group) is 1. The largest absolute Gasteiger partial charge is 0.342 e. The van der Waals surface area contributed by atoms with Gasteiger partial charge in [0.25, 0.3) is 10.0 Å². The summed E-state index contributed by atoms with van der Waals surface area (Å²) in [5.74, 6) is -0.0297. The fraction of sp³-hybridized carbons (Fsp3) is 0.333. The van der Waals surface area contributed by atoms with Crippen molar-refractivity contribution in [3.05, 3.63) is 78.0 Å². The molecule has 7 heteroatoms. The van der Waals surface area contributed by atoms with Crippen LogP contribution in [0.5, 0.6) is 0 Å². The van der Waals surface area contributed by atoms with Crippen LogP contribution in [0.15, 0.2) is 71.9 Å². The molecule has 0 atom stereocenters. The highest BCUT2D eigenvalue weighted by molar-refractivity contribution is 7.92. The third-order valence-electron chi connectivity index (χ3n) is 5.91. The maximum atomic E-state index is 13.9. The molecule has 1 aromatic heterocycles. The van der Waals surface area contributed by atoms with E-state index in [1.165, 1.54) is 10.4 Å². The SMILES string of the molecule is CCN(CC)C(=O)CN(c1ccccc1-c1ccc(C)cc1)S(=O)(=O)c1ccc(C(C)C)cn1. The van der Waals surface area contributed by atoms with E-state index in [2.05, 4.69) is 4.98 Å². The molecule has 0 spiro atoms. The number of aromatic nitrogens is 1. The molecule has 3 rings (SSSR count). The Bertz CT molecular complexity index is 1220. The van der Waals surface area contributed by atoms with E-state index in [-0.39, 0.29) is 23.4 Å². The number of sulfonamides is 1. The zero-order chi connectivity index (χ0) is 24.9. The molecule has 0 unspecified atom stereocenters. The molecule has 0 N–H and O–H groups in total. The van der Waals surface area contributed by atoms with Crippen molar-refractivity contribution >= 4 is 21.6 Å². The molecule has 0 saturated heterocycles. The van der Waals surface area contributed by atoms with Crippen LogP contribution in [0.1, 0.15) is 44.7 Å². The Morgan fingerprint density at radius 3 is 2.15 bits per heavy atom. The fourth-order valence-corrected chi connectivity index (χ4v) is 5.12. The first kappa shape index (κ1) is 25.4. The van der Waals surface area contributed by atoms with Gasteiger partial charge in [-0.2, -0.15) is 8.42 Å². The van der Waals surface area contributed by atoms with Crippen molar-refractivity contribution < 1.29 is 13.2 Å². The van der Waals surface area contributed by atoms with E-state index in [9.17, 15) is 13.2 Å². The van der Waals surface area contributed by atoms with Crippen LogP contribution in [0.25, 0.3) is 11.1 Å². The second-order valence-corrected chi connectivity index (χ2v) is 10.4. The highest BCUT2D eigenvalue weighted by Crippen LogP contribution is 2.34. The molecule has 0 radical (unpaired) electrons. The smallest absolute Gasteiger partial charge is 0.282 e. The number of benzene rings is 2. The maximum Gasteiger partial charge on any atom is 0.282 e. The second-order valence-electron chi connectivity index (χ2n) is 8.55. The van der Waals surface area contributed by atoms with Crippen molar-refractivity contribution in [1.29, 1.82) is 0 Å². The highest BCUT2D eigenvalue weighted by atomic mass is 32.2. The predicted molar refractivity (Wildman–Crippen MR) is 137 cm³/mol. The molecule has 0 aliphatic heterocycles. The summed E-state index contributed by atoms with van der Waals surface area (Å²) in [5.41, 5.74) is 4.11. The first-order chi connectivity index (χ1) is 16.2. The average molecular weight is 480 g/mol. The number of rotatable bonds is 9. The molecular weight excluding hydrogens is 446 g/mol. The van der Waals surface area contributed by atoms with Gasteiger partial charge in [-0.25, -0.2) is 4.98 Å². The lowest BCUT2D eigenvalue weighted by molar-refractivity contribution is -0.129. The van der Waals surface area contributed by atoms with E-state index in [1.807, 2.05) is 71.0 Å². The first-order valence-electron chi connectivity index (χ1n) is 11.6. The molecule has 34 heavy (non-hydrogen) atoms. The third-order valence-corrected chi connectivity index (χ3v) is 7.59. The van der Waals surface area contributed by atoms with Gasteiger partial charge in [-0.3, -0.25) is 9.10 Å². The molecule has 0 saturated carbocycles. The zero-order valence-corrected chi connectivity index (χ0v) is 21.3. The Kier molecular flexibility index (Phi) is 8.10. The lowest BCUT2D eigenvalue weighted by Gasteiger charge is -2.28. The minimum atomic E-state index is -4.11. The van der Waals surface area contributed by atoms with Gasteiger partial charge in [0.1, 0.15) is 6.54 Å². The second kappa shape index (κ2) is 10.8. The van der Waals surface area contributed by atoms with E-state index in [0.29, 0.717) is 18.8 Å². The minimum Gasteiger partial charge on any atom is -0.342 e. The van der Waals surface area contributed by atoms with Crippen LogP contribution in [-0.2, 0) is 14.8 Å². The molecule has 0 aliphatic rings. The minimum absolute atomic E-state index is 0.0806. The summed E-state index contributed by atoms with van der Waals surface area (Å²) in [6.07, 6.45) is 1.59. The molecule has 180 valence electrons. The topological polar surface area (TPSA) is 70.6 Å². The lowest BCUT2D eigenvalue weighted by atomic mass is 10.0. The van der Waals surface area contributed by atoms with Gasteiger partial charge in [-0.1, -0.05) is 67.9 Å². The van der Waals surface area contributed by atoms with Crippen LogP contribution in [0.4, 0.5) is 5.69 Å². The van der Waals surface area contributed by atoms with Gasteiger partial charge in [0.2, 0.25) is 5.91 Å². The summed E-state index contributed by atoms with van der Waals surface area (Å²) in [6, 6.07) is 18.5. The summed E-state index contributed by atoms with van der Waals surface area (Å²) in [7, 11) is -4.11. The van der Waals surface area contributed by atoms with Gasteiger partial charge >= 0.3 is 0 Å². The van der Waals surface area contributed by atoms with E-state index in [1.54, 1.807) is 29.3 Å². The standard InChI is InChI=1S/C27H33N3O3S/c1-6-29(7-2)27(31)19-30(34(32,33)26-17-16-23(18-28-26)20(3)4)25-11-9-8-10-24(25)22-14-12-21(5)13-15-22/h8-18,20H,6-7,19H2,1-5H3. The normalized spacial score (nSPS) is 11.5. The number of aryl methyl sites for hydroxylation is 1. The van der Waals surface area contributed by atoms with Crippen LogP contribution in [0.2, 0.25) is 0 Å². The molecule has 6 nitrogen and oxygen atoms in total. The fourth-order valence-electron chi connectivity index (χ4n) is 3.77. The quantitative estimate of drug-likeness (QED) is 0.421. The number of para-hydroxylation sites is 1. The van der Waals surface area contributed by atoms with Gasteiger partial charge in [0.05, 0.1) is 5.69 Å². The van der Waals surface area contributed by atoms with Gasteiger partial charge in [-0.15, -0.1) is 0 Å². The number of anilines is 1. The summed E-state index contributed by atoms with van der Waals surface area (Å²) in [6.45, 7) is 10.5. The summed E-state index contributed by atoms with van der Waals surface area (Å²) < 4.78 is 29.0. The van der Waals surface area contributed by atoms with Crippen molar-refractivity contribution in [3.8, 4) is 11.1 Å². The van der Waals surface area contributed by atoms with Crippen LogP contribution in [0.3, 0.4) is 0 Å². The highest BCUT2D eigenvalue weighted by Gasteiger charge is 2.31. The molecule has 1 amide bonds. The van der Waals surface area contributed by atoms with Crippen molar-refractivity contribution in [1.82, 2.24) is 9.88 Å². The Morgan fingerprint density at radius 1 is 0.941 bits per heavy atom. The lowest BCUT2D eigenvalue weighted by Crippen LogP contribution is -2.43. The number of carbonyl (C=O) groups excluding carboxylic acids is 1. The van der Waals surface area contributed by atoms with Gasteiger partial charge in [-0.05, 0) is 49.9 Å². The molecular formula is C27H33N3O3S. The summed E-state index contributed by atoms with van der Waals surface area (Å²) in [5, 5.41) is -0.0806. The van der Waals surface area contributed by atoms with E-state index in [0.717, 1.165) is 22.3 Å². The summed E-state index contributed by atoms with van der Waals surface area (Å²) >= 11 is 0. The van der Waals surface area contributed by atoms with E-state index < -0.39 is 10.0 Å². The zero-order valence-electron chi connectivity index (χ0n) is 20.5. The Labute approximate surface area is 203 Å². The number of pyridine rings is 1. The molecule has 0 aliphatic carbocycles. The van der Waals surface area contributed by atoms with Gasteiger partial charge in [0, 0.05) is 24.8 Å². The van der Waals surface area contributed by atoms with Crippen molar-refractivity contribution in [2.45, 2.75) is 45.6 Å². The number of carbonyl (C=O) groups is 1. The number of hydrogen-bond acceptors (Lipinski definition) is 4. The molecule has 1 heterocycles. The van der Waals surface area contributed by atoms with Crippen molar-refractivity contribution in [2.75, 3.05) is 23.9 Å². The number of nitrogens with zero attached hydrogens (tertiary/aromatic N) is 3. The number of amides is 1. The average Bonchev–Trinajstić information content (AvgIpc) is 2.84. The molecule has 2 aromatic carbocycles. The molecule has 3 aromatic rings. The van der Waals surface area contributed by atoms with Gasteiger partial charge < -0.3 is 4.90 Å². The maximum absolute atomic E-state index is 13.9. The van der Waals surface area contributed by atoms with Crippen molar-refractivity contribution in [3.63, 3.8) is 0 Å². The van der Waals surface area contributed by atoms with Crippen LogP contribution in [-0.4, -0.2) is 43.8 Å². The first-order valence-corrected chi connectivity index (χ1v) is 13.1. The predicted octanol–water partition coefficient (Wildman–Crippen LogP) is 5.24. The molecule has 0 bridgehead atoms. The van der Waals surface area contributed by atoms with Crippen LogP contribution < -0.4 is 4.31 Å². The monoisotopic (exact) mass is 479 g/mol. The van der Waals surface area contributed by atoms with Gasteiger partial charge in [0.15, 0.2) is 5.03 Å². The number of hydrogen-bond donors (Lipinski definition) is 0. The summed E-state index contributed by atoms with van der Waals surface area (Å²) in [4.78, 5) is 19.0. The Hall–Kier alpha value is -3.19. The van der Waals surface area contributed by atoms with E-state index >= 15 is 0 Å². The van der Waals surface area contributed by atoms with Crippen LogP contribution >= 0.6 is 0 Å². The Balaban J connectivity index is 2.15. The van der Waals surface area contributed by atoms with E-state index in [4.69, 9.17) is 0 Å². The molecule has 0 fully saturated rings. The van der Waals surface area contributed by atoms with Crippen molar-refractivity contribution in [2.24, 2.45) is 0 Å². The Morgan fingerprint density at radius 2 is 1.59 bits per heavy atom. The third kappa shape index (κ3) is 5.47.